The Hall–Kier alpha value is -0.810. The fourth-order valence-electron chi connectivity index (χ4n) is 3.01. The van der Waals surface area contributed by atoms with E-state index in [0.29, 0.717) is 6.54 Å². The first-order valence-corrected chi connectivity index (χ1v) is 7.91. The average Bonchev–Trinajstić information content (AvgIpc) is 2.53. The monoisotopic (exact) mass is 317 g/mol. The van der Waals surface area contributed by atoms with Crippen LogP contribution in [0.15, 0.2) is 0 Å². The van der Waals surface area contributed by atoms with Crippen molar-refractivity contribution in [3.05, 3.63) is 0 Å². The van der Waals surface area contributed by atoms with Gasteiger partial charge < -0.3 is 15.1 Å². The van der Waals surface area contributed by atoms with Gasteiger partial charge in [-0.1, -0.05) is 13.8 Å². The summed E-state index contributed by atoms with van der Waals surface area (Å²) in [5, 5.41) is 3.26. The van der Waals surface area contributed by atoms with Crippen LogP contribution in [0.25, 0.3) is 0 Å². The number of hydrogen-bond acceptors (Lipinski definition) is 3. The minimum atomic E-state index is 0. The first-order valence-electron chi connectivity index (χ1n) is 7.91. The summed E-state index contributed by atoms with van der Waals surface area (Å²) in [5.41, 5.74) is 0. The lowest BCUT2D eigenvalue weighted by atomic mass is 9.94. The number of carbonyl (C=O) groups is 2. The van der Waals surface area contributed by atoms with Crippen molar-refractivity contribution in [2.45, 2.75) is 33.1 Å². The topological polar surface area (TPSA) is 52.7 Å². The van der Waals surface area contributed by atoms with Gasteiger partial charge in [-0.15, -0.1) is 12.4 Å². The van der Waals surface area contributed by atoms with Crippen molar-refractivity contribution in [1.29, 1.82) is 0 Å². The summed E-state index contributed by atoms with van der Waals surface area (Å²) in [6.07, 6.45) is 2.74. The van der Waals surface area contributed by atoms with Crippen molar-refractivity contribution in [3.63, 3.8) is 0 Å². The minimum absolute atomic E-state index is 0. The molecule has 1 N–H and O–H groups in total. The molecule has 0 aromatic carbocycles. The highest BCUT2D eigenvalue weighted by atomic mass is 35.5. The van der Waals surface area contributed by atoms with Crippen LogP contribution >= 0.6 is 12.4 Å². The van der Waals surface area contributed by atoms with Gasteiger partial charge in [-0.3, -0.25) is 9.59 Å². The number of nitrogens with one attached hydrogen (secondary N) is 1. The predicted octanol–water partition coefficient (Wildman–Crippen LogP) is 1.12. The lowest BCUT2D eigenvalue weighted by Crippen LogP contribution is -2.52. The number of piperidine rings is 1. The molecule has 0 aliphatic carbocycles. The Balaban J connectivity index is 0.00000220. The third kappa shape index (κ3) is 4.58. The van der Waals surface area contributed by atoms with E-state index in [0.717, 1.165) is 52.0 Å². The third-order valence-corrected chi connectivity index (χ3v) is 4.54. The molecule has 2 unspecified atom stereocenters. The molecule has 6 heteroatoms. The molecule has 2 heterocycles. The van der Waals surface area contributed by atoms with E-state index in [2.05, 4.69) is 5.32 Å². The number of halogens is 1. The Morgan fingerprint density at radius 1 is 1.19 bits per heavy atom. The minimum Gasteiger partial charge on any atom is -0.342 e. The van der Waals surface area contributed by atoms with E-state index >= 15 is 0 Å². The number of likely N-dealkylation sites (tertiary alicyclic amines) is 1. The largest absolute Gasteiger partial charge is 0.342 e. The first-order chi connectivity index (χ1) is 9.63. The van der Waals surface area contributed by atoms with Crippen LogP contribution in [-0.2, 0) is 9.59 Å². The highest BCUT2D eigenvalue weighted by Crippen LogP contribution is 2.21. The fraction of sp³-hybridized carbons (Fsp3) is 0.867. The predicted molar refractivity (Wildman–Crippen MR) is 85.5 cm³/mol. The molecule has 2 rings (SSSR count). The van der Waals surface area contributed by atoms with Gasteiger partial charge in [-0.2, -0.15) is 0 Å². The number of piperazine rings is 1. The fourth-order valence-corrected chi connectivity index (χ4v) is 3.01. The summed E-state index contributed by atoms with van der Waals surface area (Å²) in [5.74, 6) is 0.538. The zero-order valence-electron chi connectivity index (χ0n) is 13.1. The summed E-state index contributed by atoms with van der Waals surface area (Å²) < 4.78 is 0. The number of rotatable bonds is 3. The molecule has 5 nitrogen and oxygen atoms in total. The van der Waals surface area contributed by atoms with Crippen LogP contribution in [0, 0.1) is 11.8 Å². The van der Waals surface area contributed by atoms with Crippen molar-refractivity contribution in [1.82, 2.24) is 15.1 Å². The highest BCUT2D eigenvalue weighted by molar-refractivity contribution is 5.85. The van der Waals surface area contributed by atoms with Crippen LogP contribution in [0.5, 0.6) is 0 Å². The van der Waals surface area contributed by atoms with E-state index in [-0.39, 0.29) is 36.1 Å². The molecule has 122 valence electrons. The van der Waals surface area contributed by atoms with E-state index in [1.165, 1.54) is 0 Å². The van der Waals surface area contributed by atoms with Crippen LogP contribution in [0.2, 0.25) is 0 Å². The van der Waals surface area contributed by atoms with Crippen LogP contribution < -0.4 is 5.32 Å². The van der Waals surface area contributed by atoms with Crippen molar-refractivity contribution < 1.29 is 9.59 Å². The first kappa shape index (κ1) is 18.2. The molecule has 2 aliphatic rings. The summed E-state index contributed by atoms with van der Waals surface area (Å²) in [4.78, 5) is 28.6. The second kappa shape index (κ2) is 8.59. The molecular weight excluding hydrogens is 290 g/mol. The van der Waals surface area contributed by atoms with Crippen LogP contribution in [-0.4, -0.2) is 60.9 Å². The van der Waals surface area contributed by atoms with Gasteiger partial charge in [0.15, 0.2) is 0 Å². The van der Waals surface area contributed by atoms with Gasteiger partial charge in [-0.25, -0.2) is 0 Å². The van der Waals surface area contributed by atoms with Gasteiger partial charge >= 0.3 is 0 Å². The van der Waals surface area contributed by atoms with Crippen molar-refractivity contribution in [2.75, 3.05) is 39.3 Å². The molecule has 21 heavy (non-hydrogen) atoms. The van der Waals surface area contributed by atoms with Crippen LogP contribution in [0.4, 0.5) is 0 Å². The normalized spacial score (nSPS) is 24.2. The summed E-state index contributed by atoms with van der Waals surface area (Å²) in [7, 11) is 0. The van der Waals surface area contributed by atoms with Gasteiger partial charge in [0.25, 0.3) is 0 Å². The summed E-state index contributed by atoms with van der Waals surface area (Å²) in [6.45, 7) is 8.81. The maximum Gasteiger partial charge on any atom is 0.227 e. The van der Waals surface area contributed by atoms with E-state index < -0.39 is 0 Å². The lowest BCUT2D eigenvalue weighted by Gasteiger charge is -2.37. The zero-order valence-corrected chi connectivity index (χ0v) is 14.0. The van der Waals surface area contributed by atoms with Gasteiger partial charge in [0.05, 0.1) is 5.92 Å². The Bertz CT molecular complexity index is 359. The number of carbonyl (C=O) groups excluding carboxylic acids is 2. The molecular formula is C15H28ClN3O2. The second-order valence-electron chi connectivity index (χ2n) is 6.01. The van der Waals surface area contributed by atoms with Gasteiger partial charge in [0.2, 0.25) is 11.8 Å². The SMILES string of the molecule is CCC(C)C(=O)N1CCCC(C(=O)N2CCNCC2)C1.Cl. The lowest BCUT2D eigenvalue weighted by molar-refractivity contribution is -0.143. The zero-order chi connectivity index (χ0) is 14.5. The van der Waals surface area contributed by atoms with Crippen LogP contribution in [0.3, 0.4) is 0 Å². The van der Waals surface area contributed by atoms with E-state index in [9.17, 15) is 9.59 Å². The Labute approximate surface area is 133 Å². The van der Waals surface area contributed by atoms with E-state index in [1.54, 1.807) is 0 Å². The highest BCUT2D eigenvalue weighted by Gasteiger charge is 2.32. The molecule has 0 saturated carbocycles. The summed E-state index contributed by atoms with van der Waals surface area (Å²) >= 11 is 0. The smallest absolute Gasteiger partial charge is 0.227 e. The number of amides is 2. The molecule has 0 radical (unpaired) electrons. The van der Waals surface area contributed by atoms with Gasteiger partial charge in [-0.05, 0) is 19.3 Å². The molecule has 2 fully saturated rings. The van der Waals surface area contributed by atoms with Crippen molar-refractivity contribution in [3.8, 4) is 0 Å². The second-order valence-corrected chi connectivity index (χ2v) is 6.01. The van der Waals surface area contributed by atoms with Crippen LogP contribution in [0.1, 0.15) is 33.1 Å². The van der Waals surface area contributed by atoms with E-state index in [1.807, 2.05) is 23.6 Å². The van der Waals surface area contributed by atoms with E-state index in [4.69, 9.17) is 0 Å². The maximum atomic E-state index is 12.5. The third-order valence-electron chi connectivity index (χ3n) is 4.54. The Kier molecular flexibility index (Phi) is 7.46. The number of nitrogens with zero attached hydrogens (tertiary/aromatic N) is 2. The quantitative estimate of drug-likeness (QED) is 0.849. The molecule has 0 bridgehead atoms. The molecule has 2 amide bonds. The molecule has 2 aliphatic heterocycles. The van der Waals surface area contributed by atoms with Gasteiger partial charge in [0, 0.05) is 45.2 Å². The van der Waals surface area contributed by atoms with Gasteiger partial charge in [0.1, 0.15) is 0 Å². The van der Waals surface area contributed by atoms with Crippen molar-refractivity contribution >= 4 is 24.2 Å². The standard InChI is InChI=1S/C15H27N3O2.ClH/c1-3-12(2)14(19)18-8-4-5-13(11-18)15(20)17-9-6-16-7-10-17;/h12-13,16H,3-11H2,1-2H3;1H. The molecule has 2 atom stereocenters. The molecule has 2 saturated heterocycles. The Morgan fingerprint density at radius 2 is 1.86 bits per heavy atom. The van der Waals surface area contributed by atoms with Crippen molar-refractivity contribution in [2.24, 2.45) is 11.8 Å². The molecule has 0 aromatic rings. The summed E-state index contributed by atoms with van der Waals surface area (Å²) in [6, 6.07) is 0. The average molecular weight is 318 g/mol. The molecule has 0 aromatic heterocycles. The Morgan fingerprint density at radius 3 is 2.48 bits per heavy atom. The number of hydrogen-bond donors (Lipinski definition) is 1. The maximum absolute atomic E-state index is 12.5. The molecule has 0 spiro atoms.